The number of hydrogen-bond acceptors (Lipinski definition) is 5. The zero-order chi connectivity index (χ0) is 13.5. The number of rotatable bonds is 4. The Labute approximate surface area is 105 Å². The maximum Gasteiger partial charge on any atom is 0.288 e. The van der Waals surface area contributed by atoms with Crippen molar-refractivity contribution in [2.24, 2.45) is 5.92 Å². The van der Waals surface area contributed by atoms with Crippen LogP contribution in [0.15, 0.2) is 23.1 Å². The van der Waals surface area contributed by atoms with E-state index in [1.807, 2.05) is 0 Å². The first kappa shape index (κ1) is 12.8. The summed E-state index contributed by atoms with van der Waals surface area (Å²) < 4.78 is 23.1. The van der Waals surface area contributed by atoms with Crippen molar-refractivity contribution in [3.63, 3.8) is 0 Å². The first-order valence-electron chi connectivity index (χ1n) is 5.54. The Bertz CT molecular complexity index is 597. The Morgan fingerprint density at radius 2 is 2.06 bits per heavy atom. The highest BCUT2D eigenvalue weighted by Gasteiger charge is 2.33. The fraction of sp³-hybridized carbons (Fsp3) is 0.455. The van der Waals surface area contributed by atoms with Gasteiger partial charge < -0.3 is 5.32 Å². The van der Waals surface area contributed by atoms with E-state index in [9.17, 15) is 18.5 Å². The third-order valence-corrected chi connectivity index (χ3v) is 4.14. The van der Waals surface area contributed by atoms with E-state index in [-0.39, 0.29) is 10.6 Å². The maximum absolute atomic E-state index is 11.5. The van der Waals surface area contributed by atoms with Crippen molar-refractivity contribution in [2.75, 3.05) is 11.6 Å². The van der Waals surface area contributed by atoms with Crippen molar-refractivity contribution >= 4 is 21.2 Å². The molecule has 0 aliphatic heterocycles. The molecule has 18 heavy (non-hydrogen) atoms. The summed E-state index contributed by atoms with van der Waals surface area (Å²) in [5.41, 5.74) is 0.224. The van der Waals surface area contributed by atoms with Crippen LogP contribution >= 0.6 is 0 Å². The molecule has 1 fully saturated rings. The van der Waals surface area contributed by atoms with Gasteiger partial charge >= 0.3 is 0 Å². The quantitative estimate of drug-likeness (QED) is 0.665. The molecule has 7 heteroatoms. The lowest BCUT2D eigenvalue weighted by Crippen LogP contribution is -2.07. The van der Waals surface area contributed by atoms with Crippen LogP contribution < -0.4 is 5.32 Å². The summed E-state index contributed by atoms with van der Waals surface area (Å²) in [6, 6.07) is 4.43. The van der Waals surface area contributed by atoms with E-state index >= 15 is 0 Å². The van der Waals surface area contributed by atoms with Crippen molar-refractivity contribution in [3.8, 4) is 0 Å². The van der Waals surface area contributed by atoms with E-state index in [4.69, 9.17) is 0 Å². The first-order chi connectivity index (χ1) is 8.29. The Kier molecular flexibility index (Phi) is 3.02. The topological polar surface area (TPSA) is 89.3 Å². The molecule has 0 bridgehead atoms. The molecule has 98 valence electrons. The molecule has 0 radical (unpaired) electrons. The van der Waals surface area contributed by atoms with Crippen molar-refractivity contribution in [2.45, 2.75) is 24.3 Å². The minimum Gasteiger partial charge on any atom is -0.382 e. The number of anilines is 1. The number of hydrogen-bond donors (Lipinski definition) is 1. The molecule has 1 aliphatic carbocycles. The predicted molar refractivity (Wildman–Crippen MR) is 67.4 cm³/mol. The van der Waals surface area contributed by atoms with Gasteiger partial charge in [0, 0.05) is 24.1 Å². The van der Waals surface area contributed by atoms with Gasteiger partial charge in [-0.2, -0.15) is 0 Å². The lowest BCUT2D eigenvalue weighted by Gasteiger charge is -2.07. The van der Waals surface area contributed by atoms with Crippen LogP contribution in [0.3, 0.4) is 0 Å². The molecular formula is C11H14N2O4S. The second-order valence-corrected chi connectivity index (χ2v) is 6.66. The molecule has 0 heterocycles. The highest BCUT2D eigenvalue weighted by atomic mass is 32.2. The van der Waals surface area contributed by atoms with Gasteiger partial charge in [-0.25, -0.2) is 8.42 Å². The fourth-order valence-corrected chi connectivity index (χ4v) is 2.65. The summed E-state index contributed by atoms with van der Waals surface area (Å²) in [5, 5.41) is 13.9. The molecular weight excluding hydrogens is 256 g/mol. The summed E-state index contributed by atoms with van der Waals surface area (Å²) in [4.78, 5) is 9.86. The molecule has 2 rings (SSSR count). The van der Waals surface area contributed by atoms with Gasteiger partial charge in [0.15, 0.2) is 9.84 Å². The summed E-state index contributed by atoms with van der Waals surface area (Å²) >= 11 is 0. The molecule has 0 saturated heterocycles. The van der Waals surface area contributed by atoms with Gasteiger partial charge in [-0.1, -0.05) is 6.92 Å². The molecule has 2 unspecified atom stereocenters. The van der Waals surface area contributed by atoms with Gasteiger partial charge in [-0.3, -0.25) is 10.1 Å². The molecule has 1 aliphatic rings. The minimum atomic E-state index is -3.61. The van der Waals surface area contributed by atoms with Crippen molar-refractivity contribution < 1.29 is 13.3 Å². The fourth-order valence-electron chi connectivity index (χ4n) is 1.79. The maximum atomic E-state index is 11.5. The summed E-state index contributed by atoms with van der Waals surface area (Å²) in [6.45, 7) is 2.08. The monoisotopic (exact) mass is 270 g/mol. The molecule has 1 N–H and O–H groups in total. The smallest absolute Gasteiger partial charge is 0.288 e. The normalized spacial score (nSPS) is 22.6. The SMILES string of the molecule is CC1CC1Nc1ccc([N+](=O)[O-])c(S(C)(=O)=O)c1. The van der Waals surface area contributed by atoms with E-state index in [1.165, 1.54) is 18.2 Å². The summed E-state index contributed by atoms with van der Waals surface area (Å²) in [6.07, 6.45) is 2.00. The molecule has 2 atom stereocenters. The highest BCUT2D eigenvalue weighted by Crippen LogP contribution is 2.34. The average Bonchev–Trinajstić information content (AvgIpc) is 2.92. The van der Waals surface area contributed by atoms with Crippen LogP contribution in [0.5, 0.6) is 0 Å². The molecule has 0 spiro atoms. The van der Waals surface area contributed by atoms with Crippen molar-refractivity contribution in [3.05, 3.63) is 28.3 Å². The molecule has 1 aromatic carbocycles. The number of nitrogens with zero attached hydrogens (tertiary/aromatic N) is 1. The number of nitro groups is 1. The number of sulfone groups is 1. The van der Waals surface area contributed by atoms with Gasteiger partial charge in [0.1, 0.15) is 4.90 Å². The zero-order valence-electron chi connectivity index (χ0n) is 10.1. The lowest BCUT2D eigenvalue weighted by atomic mass is 10.3. The van der Waals surface area contributed by atoms with E-state index in [1.54, 1.807) is 0 Å². The average molecular weight is 270 g/mol. The molecule has 1 saturated carbocycles. The molecule has 0 amide bonds. The van der Waals surface area contributed by atoms with E-state index in [0.29, 0.717) is 17.6 Å². The van der Waals surface area contributed by atoms with Crippen LogP contribution in [0.25, 0.3) is 0 Å². The van der Waals surface area contributed by atoms with Gasteiger partial charge in [0.25, 0.3) is 5.69 Å². The van der Waals surface area contributed by atoms with Crippen LogP contribution in [-0.2, 0) is 9.84 Å². The Morgan fingerprint density at radius 1 is 1.44 bits per heavy atom. The van der Waals surface area contributed by atoms with Crippen molar-refractivity contribution in [1.82, 2.24) is 0 Å². The van der Waals surface area contributed by atoms with Crippen LogP contribution in [-0.4, -0.2) is 25.6 Å². The van der Waals surface area contributed by atoms with Crippen molar-refractivity contribution in [1.29, 1.82) is 0 Å². The second-order valence-electron chi connectivity index (χ2n) is 4.68. The standard InChI is InChI=1S/C11H14N2O4S/c1-7-5-9(7)12-8-3-4-10(13(14)15)11(6-8)18(2,16)17/h3-4,6-7,9,12H,5H2,1-2H3. The first-order valence-corrected chi connectivity index (χ1v) is 7.43. The number of nitrogens with one attached hydrogen (secondary N) is 1. The van der Waals surface area contributed by atoms with E-state index in [0.717, 1.165) is 12.7 Å². The summed E-state index contributed by atoms with van der Waals surface area (Å²) in [5.74, 6) is 0.557. The van der Waals surface area contributed by atoms with E-state index < -0.39 is 14.8 Å². The number of nitro benzene ring substituents is 1. The minimum absolute atomic E-state index is 0.245. The predicted octanol–water partition coefficient (Wildman–Crippen LogP) is 1.82. The van der Waals surface area contributed by atoms with E-state index in [2.05, 4.69) is 12.2 Å². The lowest BCUT2D eigenvalue weighted by molar-refractivity contribution is -0.387. The highest BCUT2D eigenvalue weighted by molar-refractivity contribution is 7.90. The Balaban J connectivity index is 2.39. The zero-order valence-corrected chi connectivity index (χ0v) is 10.9. The van der Waals surface area contributed by atoms with Crippen LogP contribution in [0.4, 0.5) is 11.4 Å². The summed E-state index contributed by atoms with van der Waals surface area (Å²) in [7, 11) is -3.61. The molecule has 0 aromatic heterocycles. The third kappa shape index (κ3) is 2.61. The van der Waals surface area contributed by atoms with Gasteiger partial charge in [0.2, 0.25) is 0 Å². The molecule has 1 aromatic rings. The Morgan fingerprint density at radius 3 is 2.50 bits per heavy atom. The van der Waals surface area contributed by atoms with Crippen LogP contribution in [0.1, 0.15) is 13.3 Å². The second kappa shape index (κ2) is 4.24. The largest absolute Gasteiger partial charge is 0.382 e. The molecule has 6 nitrogen and oxygen atoms in total. The third-order valence-electron chi connectivity index (χ3n) is 3.02. The van der Waals surface area contributed by atoms with Crippen LogP contribution in [0, 0.1) is 16.0 Å². The number of benzene rings is 1. The van der Waals surface area contributed by atoms with Gasteiger partial charge in [0.05, 0.1) is 4.92 Å². The van der Waals surface area contributed by atoms with Crippen LogP contribution in [0.2, 0.25) is 0 Å². The van der Waals surface area contributed by atoms with Gasteiger partial charge in [-0.05, 0) is 24.5 Å². The van der Waals surface area contributed by atoms with Gasteiger partial charge in [-0.15, -0.1) is 0 Å². The Hall–Kier alpha value is -1.63.